The molecule has 128 valence electrons. The van der Waals surface area contributed by atoms with Gasteiger partial charge in [0.15, 0.2) is 23.1 Å². The molecule has 1 saturated heterocycles. The van der Waals surface area contributed by atoms with Crippen molar-refractivity contribution in [2.24, 2.45) is 0 Å². The number of nitrogens with one attached hydrogen (secondary N) is 1. The first-order chi connectivity index (χ1) is 12.4. The molecule has 2 aliphatic rings. The van der Waals surface area contributed by atoms with Gasteiger partial charge in [0.05, 0.1) is 13.2 Å². The van der Waals surface area contributed by atoms with Gasteiger partial charge in [-0.3, -0.25) is 5.10 Å². The van der Waals surface area contributed by atoms with Crippen molar-refractivity contribution < 1.29 is 14.2 Å². The van der Waals surface area contributed by atoms with Crippen molar-refractivity contribution in [1.82, 2.24) is 25.0 Å². The molecule has 1 aromatic carbocycles. The minimum atomic E-state index is 0.250. The molecule has 0 aliphatic carbocycles. The van der Waals surface area contributed by atoms with Gasteiger partial charge in [-0.05, 0) is 30.2 Å². The van der Waals surface area contributed by atoms with Crippen LogP contribution in [0.25, 0.3) is 11.5 Å². The van der Waals surface area contributed by atoms with E-state index < -0.39 is 0 Å². The average molecular weight is 339 g/mol. The van der Waals surface area contributed by atoms with Gasteiger partial charge in [0.25, 0.3) is 0 Å². The normalized spacial score (nSPS) is 18.8. The summed E-state index contributed by atoms with van der Waals surface area (Å²) in [5, 5.41) is 11.8. The van der Waals surface area contributed by atoms with E-state index in [1.807, 2.05) is 28.9 Å². The van der Waals surface area contributed by atoms with Crippen LogP contribution in [0.5, 0.6) is 11.5 Å². The highest BCUT2D eigenvalue weighted by atomic mass is 16.7. The lowest BCUT2D eigenvalue weighted by molar-refractivity contribution is 0.174. The maximum absolute atomic E-state index is 5.48. The zero-order valence-corrected chi connectivity index (χ0v) is 13.5. The van der Waals surface area contributed by atoms with Gasteiger partial charge in [-0.2, -0.15) is 10.2 Å². The van der Waals surface area contributed by atoms with E-state index in [0.29, 0.717) is 13.2 Å². The predicted octanol–water partition coefficient (Wildman–Crippen LogP) is 1.95. The van der Waals surface area contributed by atoms with Crippen molar-refractivity contribution in [3.63, 3.8) is 0 Å². The lowest BCUT2D eigenvalue weighted by Gasteiger charge is -2.06. The third-order valence-corrected chi connectivity index (χ3v) is 4.49. The molecule has 1 unspecified atom stereocenters. The Kier molecular flexibility index (Phi) is 3.41. The van der Waals surface area contributed by atoms with E-state index in [9.17, 15) is 0 Å². The van der Waals surface area contributed by atoms with Crippen LogP contribution >= 0.6 is 0 Å². The molecular formula is C17H17N5O3. The molecule has 1 fully saturated rings. The fraction of sp³-hybridized carbons (Fsp3) is 0.353. The molecule has 0 amide bonds. The van der Waals surface area contributed by atoms with Crippen molar-refractivity contribution in [1.29, 1.82) is 0 Å². The second kappa shape index (κ2) is 5.89. The molecule has 1 N–H and O–H groups in total. The third kappa shape index (κ3) is 2.64. The largest absolute Gasteiger partial charge is 0.454 e. The number of hydrogen-bond donors (Lipinski definition) is 1. The Morgan fingerprint density at radius 1 is 1.20 bits per heavy atom. The summed E-state index contributed by atoms with van der Waals surface area (Å²) in [6, 6.07) is 7.83. The second-order valence-corrected chi connectivity index (χ2v) is 6.17. The van der Waals surface area contributed by atoms with Gasteiger partial charge < -0.3 is 14.2 Å². The summed E-state index contributed by atoms with van der Waals surface area (Å²) in [6.45, 7) is 2.30. The van der Waals surface area contributed by atoms with E-state index in [0.717, 1.165) is 47.4 Å². The van der Waals surface area contributed by atoms with Crippen LogP contribution in [0.15, 0.2) is 30.5 Å². The van der Waals surface area contributed by atoms with Crippen molar-refractivity contribution in [2.75, 3.05) is 20.0 Å². The fourth-order valence-electron chi connectivity index (χ4n) is 3.17. The Morgan fingerprint density at radius 2 is 2.16 bits per heavy atom. The van der Waals surface area contributed by atoms with Gasteiger partial charge in [-0.1, -0.05) is 6.07 Å². The summed E-state index contributed by atoms with van der Waals surface area (Å²) in [4.78, 5) is 4.75. The third-order valence-electron chi connectivity index (χ3n) is 4.49. The van der Waals surface area contributed by atoms with Crippen LogP contribution in [0, 0.1) is 0 Å². The standard InChI is InChI=1S/C17H17N5O3/c1-2-14-15(25-10-24-14)7-11(1)8-22-17(13-3-5-18-20-13)19-16(21-22)12-4-6-23-9-12/h1-3,5,7,12H,4,6,8-10H2,(H,18,20). The topological polar surface area (TPSA) is 87.1 Å². The number of hydrogen-bond acceptors (Lipinski definition) is 6. The highest BCUT2D eigenvalue weighted by Crippen LogP contribution is 2.33. The van der Waals surface area contributed by atoms with Crippen molar-refractivity contribution >= 4 is 0 Å². The monoisotopic (exact) mass is 339 g/mol. The quantitative estimate of drug-likeness (QED) is 0.782. The van der Waals surface area contributed by atoms with Gasteiger partial charge in [0.2, 0.25) is 6.79 Å². The van der Waals surface area contributed by atoms with Crippen molar-refractivity contribution in [3.05, 3.63) is 41.9 Å². The number of H-pyrrole nitrogens is 1. The zero-order chi connectivity index (χ0) is 16.6. The van der Waals surface area contributed by atoms with Gasteiger partial charge in [0.1, 0.15) is 5.69 Å². The van der Waals surface area contributed by atoms with Crippen LogP contribution in [0.2, 0.25) is 0 Å². The summed E-state index contributed by atoms with van der Waals surface area (Å²) in [7, 11) is 0. The average Bonchev–Trinajstić information content (AvgIpc) is 3.39. The van der Waals surface area contributed by atoms with Gasteiger partial charge >= 0.3 is 0 Å². The number of nitrogens with zero attached hydrogens (tertiary/aromatic N) is 4. The minimum Gasteiger partial charge on any atom is -0.454 e. The number of aromatic nitrogens is 5. The summed E-state index contributed by atoms with van der Waals surface area (Å²) < 4.78 is 18.2. The molecule has 8 nitrogen and oxygen atoms in total. The highest BCUT2D eigenvalue weighted by molar-refractivity contribution is 5.49. The number of ether oxygens (including phenoxy) is 3. The van der Waals surface area contributed by atoms with E-state index in [-0.39, 0.29) is 12.7 Å². The summed E-state index contributed by atoms with van der Waals surface area (Å²) in [5.41, 5.74) is 1.92. The van der Waals surface area contributed by atoms with Gasteiger partial charge in [0, 0.05) is 18.7 Å². The van der Waals surface area contributed by atoms with Crippen LogP contribution in [0.4, 0.5) is 0 Å². The van der Waals surface area contributed by atoms with Crippen molar-refractivity contribution in [3.8, 4) is 23.0 Å². The number of benzene rings is 1. The second-order valence-electron chi connectivity index (χ2n) is 6.17. The molecule has 2 aromatic heterocycles. The molecule has 0 saturated carbocycles. The molecule has 4 heterocycles. The molecular weight excluding hydrogens is 322 g/mol. The maximum Gasteiger partial charge on any atom is 0.231 e. The van der Waals surface area contributed by atoms with Crippen LogP contribution in [0.1, 0.15) is 23.7 Å². The zero-order valence-electron chi connectivity index (χ0n) is 13.5. The Bertz CT molecular complexity index is 884. The van der Waals surface area contributed by atoms with Gasteiger partial charge in [-0.15, -0.1) is 0 Å². The van der Waals surface area contributed by atoms with E-state index in [1.165, 1.54) is 0 Å². The molecule has 3 aromatic rings. The molecule has 25 heavy (non-hydrogen) atoms. The predicted molar refractivity (Wildman–Crippen MR) is 87.4 cm³/mol. The highest BCUT2D eigenvalue weighted by Gasteiger charge is 2.25. The molecule has 2 aliphatic heterocycles. The first-order valence-corrected chi connectivity index (χ1v) is 8.27. The summed E-state index contributed by atoms with van der Waals surface area (Å²) in [6.07, 6.45) is 2.67. The number of aromatic amines is 1. The van der Waals surface area contributed by atoms with Crippen LogP contribution < -0.4 is 9.47 Å². The summed E-state index contributed by atoms with van der Waals surface area (Å²) >= 11 is 0. The minimum absolute atomic E-state index is 0.250. The Morgan fingerprint density at radius 3 is 3.00 bits per heavy atom. The molecule has 0 spiro atoms. The number of rotatable bonds is 4. The molecule has 5 rings (SSSR count). The van der Waals surface area contributed by atoms with Crippen LogP contribution in [-0.4, -0.2) is 45.0 Å². The summed E-state index contributed by atoms with van der Waals surface area (Å²) in [5.74, 6) is 3.39. The molecule has 1 atom stereocenters. The molecule has 8 heteroatoms. The van der Waals surface area contributed by atoms with Gasteiger partial charge in [-0.25, -0.2) is 9.67 Å². The number of fused-ring (bicyclic) bond motifs is 1. The Balaban J connectivity index is 1.50. The van der Waals surface area contributed by atoms with Crippen LogP contribution in [-0.2, 0) is 11.3 Å². The Labute approximate surface area is 143 Å². The fourth-order valence-corrected chi connectivity index (χ4v) is 3.17. The maximum atomic E-state index is 5.48. The first kappa shape index (κ1) is 14.5. The molecule has 0 radical (unpaired) electrons. The SMILES string of the molecule is c1cc(-c2nc(C3CCOC3)nn2Cc2ccc3c(c2)OCO3)[nH]n1. The van der Waals surface area contributed by atoms with E-state index in [1.54, 1.807) is 6.20 Å². The molecule has 0 bridgehead atoms. The van der Waals surface area contributed by atoms with E-state index in [2.05, 4.69) is 10.2 Å². The lowest BCUT2D eigenvalue weighted by Crippen LogP contribution is -2.06. The first-order valence-electron chi connectivity index (χ1n) is 8.27. The lowest BCUT2D eigenvalue weighted by atomic mass is 10.1. The van der Waals surface area contributed by atoms with E-state index in [4.69, 9.17) is 24.3 Å². The van der Waals surface area contributed by atoms with Crippen LogP contribution in [0.3, 0.4) is 0 Å². The van der Waals surface area contributed by atoms with Crippen molar-refractivity contribution in [2.45, 2.75) is 18.9 Å². The smallest absolute Gasteiger partial charge is 0.231 e. The Hall–Kier alpha value is -2.87. The van der Waals surface area contributed by atoms with E-state index >= 15 is 0 Å².